The minimum atomic E-state index is -3.72. The van der Waals surface area contributed by atoms with E-state index in [9.17, 15) is 16.8 Å². The minimum absolute atomic E-state index is 0.187. The molecule has 1 aromatic carbocycles. The van der Waals surface area contributed by atoms with Crippen molar-refractivity contribution in [2.45, 2.75) is 42.4 Å². The van der Waals surface area contributed by atoms with Crippen LogP contribution in [0.1, 0.15) is 35.8 Å². The van der Waals surface area contributed by atoms with E-state index in [1.54, 1.807) is 48.7 Å². The molecule has 1 aliphatic rings. The molecule has 3 atom stereocenters. The van der Waals surface area contributed by atoms with Crippen LogP contribution in [0.4, 0.5) is 0 Å². The summed E-state index contributed by atoms with van der Waals surface area (Å²) in [6.45, 7) is 1.89. The largest absolute Gasteiger partial charge is 0.260 e. The maximum atomic E-state index is 12.8. The Morgan fingerprint density at radius 1 is 1.04 bits per heavy atom. The van der Waals surface area contributed by atoms with Gasteiger partial charge < -0.3 is 0 Å². The SMILES string of the molecule is Cc1ccc(S(=O)(=O)N[C@@H]2CCC[C@H]2[C@@H](c2ccccn2)S(C)(=O)=O)cc1. The van der Waals surface area contributed by atoms with Gasteiger partial charge in [-0.3, -0.25) is 4.98 Å². The van der Waals surface area contributed by atoms with Gasteiger partial charge in [0.25, 0.3) is 0 Å². The number of sulfone groups is 1. The number of rotatable bonds is 6. The molecule has 0 aliphatic heterocycles. The molecule has 8 heteroatoms. The maximum Gasteiger partial charge on any atom is 0.240 e. The number of pyridine rings is 1. The van der Waals surface area contributed by atoms with Crippen molar-refractivity contribution >= 4 is 19.9 Å². The van der Waals surface area contributed by atoms with Crippen molar-refractivity contribution in [3.8, 4) is 0 Å². The van der Waals surface area contributed by atoms with Crippen LogP contribution in [0.3, 0.4) is 0 Å². The monoisotopic (exact) mass is 408 g/mol. The van der Waals surface area contributed by atoms with E-state index in [0.717, 1.165) is 12.0 Å². The van der Waals surface area contributed by atoms with Gasteiger partial charge in [-0.05, 0) is 49.9 Å². The normalized spacial score (nSPS) is 21.9. The van der Waals surface area contributed by atoms with Crippen LogP contribution >= 0.6 is 0 Å². The summed E-state index contributed by atoms with van der Waals surface area (Å²) >= 11 is 0. The van der Waals surface area contributed by atoms with E-state index >= 15 is 0 Å². The zero-order valence-corrected chi connectivity index (χ0v) is 17.0. The highest BCUT2D eigenvalue weighted by Crippen LogP contribution is 2.40. The molecule has 1 saturated carbocycles. The Labute approximate surface area is 161 Å². The number of hydrogen-bond donors (Lipinski definition) is 1. The predicted octanol–water partition coefficient (Wildman–Crippen LogP) is 2.62. The fraction of sp³-hybridized carbons (Fsp3) is 0.421. The number of nitrogens with one attached hydrogen (secondary N) is 1. The molecule has 1 heterocycles. The molecule has 6 nitrogen and oxygen atoms in total. The first kappa shape index (κ1) is 20.0. The Morgan fingerprint density at radius 2 is 1.74 bits per heavy atom. The summed E-state index contributed by atoms with van der Waals surface area (Å²) in [4.78, 5) is 4.42. The van der Waals surface area contributed by atoms with Crippen molar-refractivity contribution in [2.75, 3.05) is 6.26 Å². The lowest BCUT2D eigenvalue weighted by atomic mass is 9.97. The van der Waals surface area contributed by atoms with Gasteiger partial charge in [0.15, 0.2) is 9.84 Å². The molecular weight excluding hydrogens is 384 g/mol. The van der Waals surface area contributed by atoms with Crippen LogP contribution in [0.15, 0.2) is 53.6 Å². The highest BCUT2D eigenvalue weighted by atomic mass is 32.2. The average molecular weight is 409 g/mol. The van der Waals surface area contributed by atoms with E-state index in [1.807, 2.05) is 6.92 Å². The third kappa shape index (κ3) is 4.56. The van der Waals surface area contributed by atoms with Gasteiger partial charge in [-0.15, -0.1) is 0 Å². The number of benzene rings is 1. The summed E-state index contributed by atoms with van der Waals surface area (Å²) in [5.41, 5.74) is 1.44. The van der Waals surface area contributed by atoms with E-state index < -0.39 is 31.2 Å². The number of nitrogens with zero attached hydrogens (tertiary/aromatic N) is 1. The van der Waals surface area contributed by atoms with Crippen molar-refractivity contribution in [1.29, 1.82) is 0 Å². The van der Waals surface area contributed by atoms with Crippen LogP contribution in [0.25, 0.3) is 0 Å². The van der Waals surface area contributed by atoms with Gasteiger partial charge in [0.05, 0.1) is 10.6 Å². The standard InChI is InChI=1S/C19H24N2O4S2/c1-14-9-11-15(12-10-14)27(24,25)21-17-8-5-6-16(17)19(26(2,22)23)18-7-3-4-13-20-18/h3-4,7,9-13,16-17,19,21H,5-6,8H2,1-2H3/t16-,17-,19+/m1/s1. The van der Waals surface area contributed by atoms with Crippen LogP contribution in [-0.4, -0.2) is 34.1 Å². The molecule has 0 unspecified atom stereocenters. The van der Waals surface area contributed by atoms with Gasteiger partial charge in [0, 0.05) is 18.5 Å². The smallest absolute Gasteiger partial charge is 0.240 e. The molecule has 2 aromatic rings. The second-order valence-electron chi connectivity index (χ2n) is 7.14. The van der Waals surface area contributed by atoms with Gasteiger partial charge in [-0.2, -0.15) is 0 Å². The third-order valence-corrected chi connectivity index (χ3v) is 8.06. The van der Waals surface area contributed by atoms with Gasteiger partial charge in [0.2, 0.25) is 10.0 Å². The molecule has 1 aromatic heterocycles. The summed E-state index contributed by atoms with van der Waals surface area (Å²) in [6, 6.07) is 11.3. The lowest BCUT2D eigenvalue weighted by Gasteiger charge is -2.27. The minimum Gasteiger partial charge on any atom is -0.260 e. The molecule has 0 bridgehead atoms. The molecule has 146 valence electrons. The van der Waals surface area contributed by atoms with Crippen molar-refractivity contribution in [2.24, 2.45) is 5.92 Å². The van der Waals surface area contributed by atoms with E-state index in [1.165, 1.54) is 6.26 Å². The van der Waals surface area contributed by atoms with E-state index in [4.69, 9.17) is 0 Å². The first-order chi connectivity index (χ1) is 12.7. The fourth-order valence-corrected chi connectivity index (χ4v) is 6.64. The summed E-state index contributed by atoms with van der Waals surface area (Å²) in [5.74, 6) is -0.352. The summed E-state index contributed by atoms with van der Waals surface area (Å²) in [7, 11) is -7.18. The molecule has 0 radical (unpaired) electrons. The molecule has 3 rings (SSSR count). The van der Waals surface area contributed by atoms with E-state index in [-0.39, 0.29) is 10.8 Å². The zero-order chi connectivity index (χ0) is 19.7. The molecule has 1 N–H and O–H groups in total. The number of aromatic nitrogens is 1. The molecule has 0 saturated heterocycles. The topological polar surface area (TPSA) is 93.2 Å². The Morgan fingerprint density at radius 3 is 2.33 bits per heavy atom. The number of sulfonamides is 1. The van der Waals surface area contributed by atoms with Crippen LogP contribution in [0, 0.1) is 12.8 Å². The Kier molecular flexibility index (Phi) is 5.69. The van der Waals surface area contributed by atoms with Crippen molar-refractivity contribution in [3.05, 3.63) is 59.9 Å². The second kappa shape index (κ2) is 7.69. The Hall–Kier alpha value is -1.77. The maximum absolute atomic E-state index is 12.8. The predicted molar refractivity (Wildman–Crippen MR) is 104 cm³/mol. The first-order valence-corrected chi connectivity index (χ1v) is 12.3. The Bertz CT molecular complexity index is 988. The molecule has 1 fully saturated rings. The zero-order valence-electron chi connectivity index (χ0n) is 15.4. The molecule has 0 amide bonds. The average Bonchev–Trinajstić information content (AvgIpc) is 3.02. The Balaban J connectivity index is 1.91. The van der Waals surface area contributed by atoms with Crippen LogP contribution in [0.2, 0.25) is 0 Å². The molecular formula is C19H24N2O4S2. The summed E-state index contributed by atoms with van der Waals surface area (Å²) in [6.07, 6.45) is 4.76. The van der Waals surface area contributed by atoms with Crippen molar-refractivity contribution in [1.82, 2.24) is 9.71 Å². The second-order valence-corrected chi connectivity index (χ2v) is 11.0. The third-order valence-electron chi connectivity index (χ3n) is 5.04. The van der Waals surface area contributed by atoms with Crippen molar-refractivity contribution in [3.63, 3.8) is 0 Å². The van der Waals surface area contributed by atoms with Crippen LogP contribution in [-0.2, 0) is 19.9 Å². The molecule has 1 aliphatic carbocycles. The van der Waals surface area contributed by atoms with E-state index in [0.29, 0.717) is 18.5 Å². The van der Waals surface area contributed by atoms with Crippen LogP contribution < -0.4 is 4.72 Å². The van der Waals surface area contributed by atoms with Gasteiger partial charge in [-0.1, -0.05) is 30.2 Å². The van der Waals surface area contributed by atoms with Gasteiger partial charge >= 0.3 is 0 Å². The quantitative estimate of drug-likeness (QED) is 0.793. The molecule has 27 heavy (non-hydrogen) atoms. The lowest BCUT2D eigenvalue weighted by molar-refractivity contribution is 0.416. The van der Waals surface area contributed by atoms with Gasteiger partial charge in [-0.25, -0.2) is 21.6 Å². The number of aryl methyl sites for hydroxylation is 1. The molecule has 0 spiro atoms. The van der Waals surface area contributed by atoms with Crippen molar-refractivity contribution < 1.29 is 16.8 Å². The van der Waals surface area contributed by atoms with Crippen LogP contribution in [0.5, 0.6) is 0 Å². The number of hydrogen-bond acceptors (Lipinski definition) is 5. The lowest BCUT2D eigenvalue weighted by Crippen LogP contribution is -2.41. The summed E-state index contributed by atoms with van der Waals surface area (Å²) in [5, 5.41) is -0.827. The highest BCUT2D eigenvalue weighted by Gasteiger charge is 2.42. The van der Waals surface area contributed by atoms with Gasteiger partial charge in [0.1, 0.15) is 5.25 Å². The first-order valence-electron chi connectivity index (χ1n) is 8.87. The summed E-state index contributed by atoms with van der Waals surface area (Å²) < 4.78 is 53.3. The fourth-order valence-electron chi connectivity index (χ4n) is 3.78. The highest BCUT2D eigenvalue weighted by molar-refractivity contribution is 7.91. The van der Waals surface area contributed by atoms with E-state index in [2.05, 4.69) is 9.71 Å².